The van der Waals surface area contributed by atoms with E-state index >= 15 is 0 Å². The molecule has 0 aliphatic rings. The van der Waals surface area contributed by atoms with E-state index in [1.165, 1.54) is 49.0 Å². The number of rotatable bonds is 5. The van der Waals surface area contributed by atoms with Crippen molar-refractivity contribution in [2.45, 2.75) is 0 Å². The molecule has 0 bridgehead atoms. The van der Waals surface area contributed by atoms with Gasteiger partial charge in [0.1, 0.15) is 22.3 Å². The molecule has 11 aromatic rings. The molecule has 0 saturated carbocycles. The molecule has 9 aromatic carbocycles. The number of fused-ring (bicyclic) bond motifs is 12. The third kappa shape index (κ3) is 4.34. The van der Waals surface area contributed by atoms with Crippen molar-refractivity contribution < 1.29 is 8.83 Å². The monoisotopic (exact) mass is 688 g/mol. The van der Waals surface area contributed by atoms with Crippen LogP contribution in [0.5, 0.6) is 0 Å². The first-order valence-corrected chi connectivity index (χ1v) is 18.3. The molecule has 0 aliphatic heterocycles. The van der Waals surface area contributed by atoms with Crippen molar-refractivity contribution in [2.75, 3.05) is 0 Å². The second kappa shape index (κ2) is 11.7. The smallest absolute Gasteiger partial charge is 0.144 e. The van der Waals surface area contributed by atoms with Gasteiger partial charge in [0.05, 0.1) is 0 Å². The van der Waals surface area contributed by atoms with E-state index in [-0.39, 0.29) is 0 Å². The summed E-state index contributed by atoms with van der Waals surface area (Å²) in [7, 11) is 0. The lowest BCUT2D eigenvalue weighted by molar-refractivity contribution is 0.668. The number of furan rings is 2. The molecular formula is C52H32O2. The second-order valence-corrected chi connectivity index (χ2v) is 14.1. The predicted molar refractivity (Wildman–Crippen MR) is 230 cm³/mol. The molecule has 0 N–H and O–H groups in total. The van der Waals surface area contributed by atoms with Crippen LogP contribution in [0.4, 0.5) is 0 Å². The summed E-state index contributed by atoms with van der Waals surface area (Å²) in [6, 6.07) is 54.3. The molecule has 0 unspecified atom stereocenters. The van der Waals surface area contributed by atoms with Gasteiger partial charge in [-0.2, -0.15) is 0 Å². The van der Waals surface area contributed by atoms with Crippen molar-refractivity contribution in [3.63, 3.8) is 0 Å². The molecule has 11 rings (SSSR count). The van der Waals surface area contributed by atoms with E-state index < -0.39 is 0 Å². The summed E-state index contributed by atoms with van der Waals surface area (Å²) in [5.41, 5.74) is 10.4. The Bertz CT molecular complexity index is 3360. The molecule has 2 heteroatoms. The summed E-state index contributed by atoms with van der Waals surface area (Å²) in [6.07, 6.45) is 5.80. The molecule has 54 heavy (non-hydrogen) atoms. The number of hydrogen-bond acceptors (Lipinski definition) is 2. The molecular weight excluding hydrogens is 657 g/mol. The minimum Gasteiger partial charge on any atom is -0.456 e. The highest BCUT2D eigenvalue weighted by molar-refractivity contribution is 6.28. The molecule has 2 aromatic heterocycles. The van der Waals surface area contributed by atoms with Crippen LogP contribution in [0.1, 0.15) is 5.56 Å². The molecule has 0 spiro atoms. The average molecular weight is 689 g/mol. The summed E-state index contributed by atoms with van der Waals surface area (Å²) in [5, 5.41) is 13.8. The minimum atomic E-state index is 0.869. The first-order chi connectivity index (χ1) is 26.7. The SMILES string of the molecule is C=C/C=C\C(=C)c1c2ccccc2c(-c2ccc(-c3ccc4oc5c(ccc6ccc7oc8ccccc8c7c65)c4c3)c3ccccc23)c2ccccc12. The highest BCUT2D eigenvalue weighted by Crippen LogP contribution is 2.46. The Morgan fingerprint density at radius 3 is 1.80 bits per heavy atom. The molecule has 0 aliphatic carbocycles. The summed E-state index contributed by atoms with van der Waals surface area (Å²) in [4.78, 5) is 0. The molecule has 0 atom stereocenters. The molecule has 0 radical (unpaired) electrons. The molecule has 0 saturated heterocycles. The van der Waals surface area contributed by atoms with Gasteiger partial charge in [0.25, 0.3) is 0 Å². The summed E-state index contributed by atoms with van der Waals surface area (Å²) >= 11 is 0. The predicted octanol–water partition coefficient (Wildman–Crippen LogP) is 15.2. The molecule has 0 amide bonds. The van der Waals surface area contributed by atoms with E-state index in [4.69, 9.17) is 8.83 Å². The Balaban J connectivity index is 1.14. The van der Waals surface area contributed by atoms with Gasteiger partial charge in [0.15, 0.2) is 0 Å². The molecule has 2 nitrogen and oxygen atoms in total. The summed E-state index contributed by atoms with van der Waals surface area (Å²) in [5.74, 6) is 0. The van der Waals surface area contributed by atoms with Crippen LogP contribution in [0.3, 0.4) is 0 Å². The Morgan fingerprint density at radius 2 is 1.06 bits per heavy atom. The van der Waals surface area contributed by atoms with E-state index in [0.717, 1.165) is 71.3 Å². The standard InChI is InChI=1S/C52H32O2/c1-3-4-13-31(2)48-37-16-7-9-18-39(37)50(40-19-10-8-17-38(40)48)41-27-26-34(35-14-5-6-15-36(35)41)33-24-28-46-44(30-33)42-25-22-32-23-29-47-51(49(32)52(42)54-46)43-20-11-12-21-45(43)53-47/h3-30H,1-2H2/b13-4-. The topological polar surface area (TPSA) is 26.3 Å². The Labute approximate surface area is 311 Å². The van der Waals surface area contributed by atoms with E-state index in [9.17, 15) is 0 Å². The second-order valence-electron chi connectivity index (χ2n) is 14.1. The van der Waals surface area contributed by atoms with Crippen LogP contribution < -0.4 is 0 Å². The van der Waals surface area contributed by atoms with Crippen molar-refractivity contribution in [2.24, 2.45) is 0 Å². The minimum absolute atomic E-state index is 0.869. The van der Waals surface area contributed by atoms with Gasteiger partial charge in [-0.05, 0) is 101 Å². The van der Waals surface area contributed by atoms with E-state index in [0.29, 0.717) is 0 Å². The number of hydrogen-bond donors (Lipinski definition) is 0. The lowest BCUT2D eigenvalue weighted by atomic mass is 9.84. The van der Waals surface area contributed by atoms with Crippen LogP contribution in [-0.4, -0.2) is 0 Å². The third-order valence-electron chi connectivity index (χ3n) is 11.1. The fourth-order valence-electron chi connectivity index (χ4n) is 8.83. The fourth-order valence-corrected chi connectivity index (χ4v) is 8.83. The molecule has 252 valence electrons. The van der Waals surface area contributed by atoms with Crippen LogP contribution in [0.25, 0.3) is 115 Å². The highest BCUT2D eigenvalue weighted by Gasteiger charge is 2.20. The van der Waals surface area contributed by atoms with Crippen molar-refractivity contribution >= 4 is 92.5 Å². The first kappa shape index (κ1) is 30.5. The van der Waals surface area contributed by atoms with Gasteiger partial charge in [0.2, 0.25) is 0 Å². The number of benzene rings is 9. The van der Waals surface area contributed by atoms with Crippen molar-refractivity contribution in [3.05, 3.63) is 189 Å². The maximum Gasteiger partial charge on any atom is 0.144 e. The van der Waals surface area contributed by atoms with Gasteiger partial charge >= 0.3 is 0 Å². The van der Waals surface area contributed by atoms with E-state index in [1.807, 2.05) is 24.3 Å². The largest absolute Gasteiger partial charge is 0.456 e. The first-order valence-electron chi connectivity index (χ1n) is 18.3. The van der Waals surface area contributed by atoms with Crippen LogP contribution in [0, 0.1) is 0 Å². The Hall–Kier alpha value is -7.16. The van der Waals surface area contributed by atoms with Gasteiger partial charge in [-0.15, -0.1) is 0 Å². The zero-order chi connectivity index (χ0) is 35.9. The number of para-hydroxylation sites is 1. The van der Waals surface area contributed by atoms with E-state index in [1.54, 1.807) is 6.08 Å². The van der Waals surface area contributed by atoms with E-state index in [2.05, 4.69) is 153 Å². The fraction of sp³-hybridized carbons (Fsp3) is 0. The van der Waals surface area contributed by atoms with Gasteiger partial charge in [-0.3, -0.25) is 0 Å². The zero-order valence-corrected chi connectivity index (χ0v) is 29.4. The Kier molecular flexibility index (Phi) is 6.59. The van der Waals surface area contributed by atoms with Gasteiger partial charge < -0.3 is 8.83 Å². The van der Waals surface area contributed by atoms with Gasteiger partial charge in [-0.1, -0.05) is 153 Å². The average Bonchev–Trinajstić information content (AvgIpc) is 3.80. The quantitative estimate of drug-likeness (QED) is 0.133. The lowest BCUT2D eigenvalue weighted by Gasteiger charge is -2.19. The number of allylic oxidation sites excluding steroid dienone is 4. The lowest BCUT2D eigenvalue weighted by Crippen LogP contribution is -1.93. The maximum absolute atomic E-state index is 6.72. The zero-order valence-electron chi connectivity index (χ0n) is 29.4. The third-order valence-corrected chi connectivity index (χ3v) is 11.1. The normalized spacial score (nSPS) is 12.1. The van der Waals surface area contributed by atoms with Crippen molar-refractivity contribution in [3.8, 4) is 22.3 Å². The maximum atomic E-state index is 6.72. The van der Waals surface area contributed by atoms with Crippen molar-refractivity contribution in [1.29, 1.82) is 0 Å². The van der Waals surface area contributed by atoms with Crippen LogP contribution in [-0.2, 0) is 0 Å². The van der Waals surface area contributed by atoms with Crippen LogP contribution in [0.2, 0.25) is 0 Å². The van der Waals surface area contributed by atoms with Crippen molar-refractivity contribution in [1.82, 2.24) is 0 Å². The van der Waals surface area contributed by atoms with Crippen LogP contribution in [0.15, 0.2) is 192 Å². The van der Waals surface area contributed by atoms with Crippen LogP contribution >= 0.6 is 0 Å². The Morgan fingerprint density at radius 1 is 0.463 bits per heavy atom. The van der Waals surface area contributed by atoms with Gasteiger partial charge in [0, 0.05) is 26.9 Å². The summed E-state index contributed by atoms with van der Waals surface area (Å²) in [6.45, 7) is 8.37. The summed E-state index contributed by atoms with van der Waals surface area (Å²) < 4.78 is 13.0. The molecule has 2 heterocycles. The highest BCUT2D eigenvalue weighted by atomic mass is 16.3. The molecule has 0 fully saturated rings. The van der Waals surface area contributed by atoms with Gasteiger partial charge in [-0.25, -0.2) is 0 Å².